The maximum Gasteiger partial charge on any atom is 0.347 e. The van der Waals surface area contributed by atoms with Crippen molar-refractivity contribution in [3.63, 3.8) is 0 Å². The van der Waals surface area contributed by atoms with Gasteiger partial charge in [0.25, 0.3) is 0 Å². The van der Waals surface area contributed by atoms with Crippen molar-refractivity contribution in [2.24, 2.45) is 15.7 Å². The fourth-order valence-electron chi connectivity index (χ4n) is 3.24. The number of amides is 3. The molecule has 1 aliphatic rings. The van der Waals surface area contributed by atoms with Gasteiger partial charge in [0.2, 0.25) is 5.91 Å². The number of benzene rings is 2. The number of hydrogen-bond acceptors (Lipinski definition) is 5. The average molecular weight is 467 g/mol. The number of carbonyl (C=O) groups excluding carboxylic acids is 2. The van der Waals surface area contributed by atoms with Crippen LogP contribution < -0.4 is 16.0 Å². The van der Waals surface area contributed by atoms with E-state index in [9.17, 15) is 9.59 Å². The number of aryl methyl sites for hydroxylation is 2. The number of rotatable bonds is 7. The SMILES string of the molecule is CCOCc1ccc(C)cc1N1C(=O)CS/C1=N\C(=O)Nc1ccc(C(N)=NC=N)cc1C. The minimum Gasteiger partial charge on any atom is -0.383 e. The molecule has 3 amide bonds. The standard InChI is InChI=1S/C23H26N6O3S/c1-4-32-11-17-6-5-14(2)9-19(17)29-20(30)12-33-23(29)28-22(31)27-18-8-7-16(10-15(18)3)21(25)26-13-24/h5-10,13H,4,11-12H2,1-3H3,(H,27,31)(H3,24,25,26)/b28-23-. The maximum atomic E-state index is 12.7. The van der Waals surface area contributed by atoms with Gasteiger partial charge in [0, 0.05) is 23.4 Å². The summed E-state index contributed by atoms with van der Waals surface area (Å²) in [5.41, 5.74) is 10.3. The van der Waals surface area contributed by atoms with Crippen LogP contribution in [-0.2, 0) is 16.1 Å². The Morgan fingerprint density at radius 3 is 2.79 bits per heavy atom. The van der Waals surface area contributed by atoms with Crippen molar-refractivity contribution in [3.05, 3.63) is 58.7 Å². The number of nitrogens with two attached hydrogens (primary N) is 1. The average Bonchev–Trinajstić information content (AvgIpc) is 3.13. The van der Waals surface area contributed by atoms with E-state index in [0.717, 1.165) is 23.0 Å². The van der Waals surface area contributed by atoms with E-state index < -0.39 is 6.03 Å². The molecule has 0 aromatic heterocycles. The summed E-state index contributed by atoms with van der Waals surface area (Å²) >= 11 is 1.22. The van der Waals surface area contributed by atoms with Crippen LogP contribution in [0.4, 0.5) is 16.2 Å². The molecule has 4 N–H and O–H groups in total. The zero-order valence-electron chi connectivity index (χ0n) is 18.7. The highest BCUT2D eigenvalue weighted by Crippen LogP contribution is 2.31. The molecule has 172 valence electrons. The zero-order chi connectivity index (χ0) is 24.0. The van der Waals surface area contributed by atoms with Crippen LogP contribution in [0.5, 0.6) is 0 Å². The third-order valence-corrected chi connectivity index (χ3v) is 5.80. The monoisotopic (exact) mass is 466 g/mol. The molecule has 1 fully saturated rings. The highest BCUT2D eigenvalue weighted by atomic mass is 32.2. The molecule has 1 heterocycles. The molecule has 1 saturated heterocycles. The van der Waals surface area contributed by atoms with Crippen LogP contribution in [0.2, 0.25) is 0 Å². The molecular weight excluding hydrogens is 440 g/mol. The Bertz CT molecular complexity index is 1150. The van der Waals surface area contributed by atoms with Gasteiger partial charge in [-0.1, -0.05) is 23.9 Å². The smallest absolute Gasteiger partial charge is 0.347 e. The van der Waals surface area contributed by atoms with E-state index in [0.29, 0.717) is 35.3 Å². The number of nitrogens with one attached hydrogen (secondary N) is 2. The van der Waals surface area contributed by atoms with E-state index in [4.69, 9.17) is 15.9 Å². The number of anilines is 2. The minimum absolute atomic E-state index is 0.142. The van der Waals surface area contributed by atoms with Gasteiger partial charge in [0.05, 0.1) is 18.0 Å². The number of hydrogen-bond donors (Lipinski definition) is 3. The quantitative estimate of drug-likeness (QED) is 0.421. The second-order valence-corrected chi connectivity index (χ2v) is 8.23. The second kappa shape index (κ2) is 10.9. The first-order chi connectivity index (χ1) is 15.8. The first-order valence-corrected chi connectivity index (χ1v) is 11.3. The minimum atomic E-state index is -0.590. The molecule has 0 radical (unpaired) electrons. The molecule has 0 spiro atoms. The van der Waals surface area contributed by atoms with E-state index in [1.165, 1.54) is 16.7 Å². The lowest BCUT2D eigenvalue weighted by atomic mass is 10.1. The number of carbonyl (C=O) groups is 2. The molecule has 2 aromatic carbocycles. The molecule has 3 rings (SSSR count). The van der Waals surface area contributed by atoms with Gasteiger partial charge in [-0.05, 0) is 56.2 Å². The predicted octanol–water partition coefficient (Wildman–Crippen LogP) is 3.82. The molecule has 0 atom stereocenters. The fraction of sp³-hybridized carbons (Fsp3) is 0.261. The van der Waals surface area contributed by atoms with Crippen LogP contribution in [0.3, 0.4) is 0 Å². The fourth-order valence-corrected chi connectivity index (χ4v) is 4.09. The van der Waals surface area contributed by atoms with Crippen molar-refractivity contribution >= 4 is 52.4 Å². The summed E-state index contributed by atoms with van der Waals surface area (Å²) in [6.07, 6.45) is 0.872. The summed E-state index contributed by atoms with van der Waals surface area (Å²) in [5, 5.41) is 10.1. The number of ether oxygens (including phenoxy) is 1. The van der Waals surface area contributed by atoms with Crippen molar-refractivity contribution in [1.82, 2.24) is 0 Å². The Kier molecular flexibility index (Phi) is 7.96. The van der Waals surface area contributed by atoms with E-state index in [-0.39, 0.29) is 17.5 Å². The van der Waals surface area contributed by atoms with Gasteiger partial charge in [-0.2, -0.15) is 4.99 Å². The molecule has 10 heteroatoms. The summed E-state index contributed by atoms with van der Waals surface area (Å²) in [6, 6.07) is 10.3. The number of amidine groups is 2. The Morgan fingerprint density at radius 1 is 1.30 bits per heavy atom. The largest absolute Gasteiger partial charge is 0.383 e. The van der Waals surface area contributed by atoms with Crippen LogP contribution in [0.15, 0.2) is 46.4 Å². The lowest BCUT2D eigenvalue weighted by Crippen LogP contribution is -2.31. The lowest BCUT2D eigenvalue weighted by Gasteiger charge is -2.20. The molecule has 2 aromatic rings. The summed E-state index contributed by atoms with van der Waals surface area (Å²) in [7, 11) is 0. The van der Waals surface area contributed by atoms with Crippen LogP contribution in [0.25, 0.3) is 0 Å². The predicted molar refractivity (Wildman–Crippen MR) is 134 cm³/mol. The van der Waals surface area contributed by atoms with Gasteiger partial charge in [0.15, 0.2) is 5.17 Å². The highest BCUT2D eigenvalue weighted by Gasteiger charge is 2.32. The van der Waals surface area contributed by atoms with Crippen LogP contribution in [0, 0.1) is 19.3 Å². The summed E-state index contributed by atoms with van der Waals surface area (Å²) in [4.78, 5) is 34.8. The Morgan fingerprint density at radius 2 is 2.09 bits per heavy atom. The second-order valence-electron chi connectivity index (χ2n) is 7.28. The van der Waals surface area contributed by atoms with Crippen LogP contribution in [-0.4, -0.2) is 41.6 Å². The Hall–Kier alpha value is -3.50. The highest BCUT2D eigenvalue weighted by molar-refractivity contribution is 8.15. The van der Waals surface area contributed by atoms with Crippen molar-refractivity contribution in [2.75, 3.05) is 22.6 Å². The third kappa shape index (κ3) is 5.85. The summed E-state index contributed by atoms with van der Waals surface area (Å²) in [5.74, 6) is 0.271. The van der Waals surface area contributed by atoms with E-state index in [1.807, 2.05) is 39.0 Å². The van der Waals surface area contributed by atoms with E-state index in [2.05, 4.69) is 15.3 Å². The lowest BCUT2D eigenvalue weighted by molar-refractivity contribution is -0.115. The number of aliphatic imine (C=N–C) groups is 2. The molecule has 0 unspecified atom stereocenters. The van der Waals surface area contributed by atoms with Gasteiger partial charge in [-0.25, -0.2) is 9.79 Å². The number of nitrogens with zero attached hydrogens (tertiary/aromatic N) is 3. The van der Waals surface area contributed by atoms with Crippen molar-refractivity contribution < 1.29 is 14.3 Å². The molecular formula is C23H26N6O3S. The normalized spacial score (nSPS) is 15.2. The molecule has 1 aliphatic heterocycles. The van der Waals surface area contributed by atoms with Gasteiger partial charge < -0.3 is 15.8 Å². The molecule has 0 aliphatic carbocycles. The first-order valence-electron chi connectivity index (χ1n) is 10.3. The number of urea groups is 1. The number of thioether (sulfide) groups is 1. The van der Waals surface area contributed by atoms with Crippen LogP contribution in [0.1, 0.15) is 29.2 Å². The van der Waals surface area contributed by atoms with Crippen molar-refractivity contribution in [2.45, 2.75) is 27.4 Å². The third-order valence-electron chi connectivity index (χ3n) is 4.87. The van der Waals surface area contributed by atoms with Crippen LogP contribution >= 0.6 is 11.8 Å². The molecule has 9 nitrogen and oxygen atoms in total. The summed E-state index contributed by atoms with van der Waals surface area (Å²) < 4.78 is 5.55. The molecule has 33 heavy (non-hydrogen) atoms. The van der Waals surface area contributed by atoms with Gasteiger partial charge in [-0.3, -0.25) is 15.1 Å². The summed E-state index contributed by atoms with van der Waals surface area (Å²) in [6.45, 7) is 6.58. The van der Waals surface area contributed by atoms with E-state index >= 15 is 0 Å². The topological polar surface area (TPSA) is 133 Å². The van der Waals surface area contributed by atoms with Gasteiger partial charge in [0.1, 0.15) is 12.2 Å². The molecule has 0 bridgehead atoms. The maximum absolute atomic E-state index is 12.7. The Labute approximate surface area is 196 Å². The first kappa shape index (κ1) is 24.1. The van der Waals surface area contributed by atoms with Gasteiger partial charge in [-0.15, -0.1) is 0 Å². The zero-order valence-corrected chi connectivity index (χ0v) is 19.5. The van der Waals surface area contributed by atoms with E-state index in [1.54, 1.807) is 18.2 Å². The van der Waals surface area contributed by atoms with Gasteiger partial charge >= 0.3 is 6.03 Å². The molecule has 0 saturated carbocycles. The Balaban J connectivity index is 1.85. The van der Waals surface area contributed by atoms with Crippen molar-refractivity contribution in [1.29, 1.82) is 5.41 Å². The van der Waals surface area contributed by atoms with Crippen molar-refractivity contribution in [3.8, 4) is 0 Å².